The van der Waals surface area contributed by atoms with Crippen molar-refractivity contribution < 1.29 is 9.53 Å². The molecule has 6 nitrogen and oxygen atoms in total. The molecular formula is C13H22N4O2. The van der Waals surface area contributed by atoms with Crippen LogP contribution in [0.4, 0.5) is 0 Å². The van der Waals surface area contributed by atoms with E-state index in [0.717, 1.165) is 31.6 Å². The number of hydrogen-bond acceptors (Lipinski definition) is 5. The summed E-state index contributed by atoms with van der Waals surface area (Å²) in [5.74, 6) is 0.236. The lowest BCUT2D eigenvalue weighted by Gasteiger charge is -2.20. The SMILES string of the molecule is CC(C)(C)C(=O)OCn1cc(C2CCNCC2)nn1. The Kier molecular flexibility index (Phi) is 4.19. The highest BCUT2D eigenvalue weighted by Gasteiger charge is 2.23. The van der Waals surface area contributed by atoms with Crippen molar-refractivity contribution in [2.45, 2.75) is 46.3 Å². The van der Waals surface area contributed by atoms with Gasteiger partial charge < -0.3 is 10.1 Å². The molecule has 1 saturated heterocycles. The van der Waals surface area contributed by atoms with Crippen LogP contribution in [0.3, 0.4) is 0 Å². The van der Waals surface area contributed by atoms with Crippen LogP contribution in [-0.4, -0.2) is 34.1 Å². The molecule has 1 N–H and O–H groups in total. The van der Waals surface area contributed by atoms with Gasteiger partial charge >= 0.3 is 5.97 Å². The van der Waals surface area contributed by atoms with Crippen LogP contribution in [0.15, 0.2) is 6.20 Å². The molecule has 0 aromatic carbocycles. The summed E-state index contributed by atoms with van der Waals surface area (Å²) in [6, 6.07) is 0. The molecule has 0 aliphatic carbocycles. The second kappa shape index (κ2) is 5.69. The number of carbonyl (C=O) groups is 1. The Hall–Kier alpha value is -1.43. The van der Waals surface area contributed by atoms with Crippen molar-refractivity contribution in [3.8, 4) is 0 Å². The van der Waals surface area contributed by atoms with Crippen LogP contribution in [0, 0.1) is 5.41 Å². The molecule has 2 rings (SSSR count). The van der Waals surface area contributed by atoms with Gasteiger partial charge in [-0.25, -0.2) is 4.68 Å². The Bertz CT molecular complexity index is 430. The minimum atomic E-state index is -0.488. The van der Waals surface area contributed by atoms with Gasteiger partial charge in [-0.05, 0) is 46.7 Å². The fourth-order valence-corrected chi connectivity index (χ4v) is 2.02. The number of carbonyl (C=O) groups excluding carboxylic acids is 1. The number of nitrogens with one attached hydrogen (secondary N) is 1. The molecule has 1 fully saturated rings. The van der Waals surface area contributed by atoms with Crippen molar-refractivity contribution in [1.29, 1.82) is 0 Å². The topological polar surface area (TPSA) is 69.0 Å². The van der Waals surface area contributed by atoms with Gasteiger partial charge in [0.15, 0.2) is 6.73 Å². The monoisotopic (exact) mass is 266 g/mol. The van der Waals surface area contributed by atoms with E-state index in [1.165, 1.54) is 0 Å². The fraction of sp³-hybridized carbons (Fsp3) is 0.769. The summed E-state index contributed by atoms with van der Waals surface area (Å²) in [6.45, 7) is 7.67. The third-order valence-electron chi connectivity index (χ3n) is 3.25. The van der Waals surface area contributed by atoms with E-state index in [4.69, 9.17) is 4.74 Å². The first-order valence-electron chi connectivity index (χ1n) is 6.75. The number of esters is 1. The largest absolute Gasteiger partial charge is 0.442 e. The number of aromatic nitrogens is 3. The van der Waals surface area contributed by atoms with Crippen LogP contribution < -0.4 is 5.32 Å². The number of nitrogens with zero attached hydrogens (tertiary/aromatic N) is 3. The van der Waals surface area contributed by atoms with Crippen molar-refractivity contribution in [3.05, 3.63) is 11.9 Å². The lowest BCUT2D eigenvalue weighted by atomic mass is 9.95. The van der Waals surface area contributed by atoms with Crippen LogP contribution in [0.2, 0.25) is 0 Å². The van der Waals surface area contributed by atoms with Gasteiger partial charge in [-0.3, -0.25) is 4.79 Å². The zero-order valence-corrected chi connectivity index (χ0v) is 11.8. The van der Waals surface area contributed by atoms with Gasteiger partial charge in [-0.1, -0.05) is 5.21 Å². The Balaban J connectivity index is 1.89. The van der Waals surface area contributed by atoms with E-state index in [1.54, 1.807) is 4.68 Å². The Morgan fingerprint density at radius 3 is 2.79 bits per heavy atom. The maximum Gasteiger partial charge on any atom is 0.313 e. The fourth-order valence-electron chi connectivity index (χ4n) is 2.02. The molecule has 1 aliphatic heterocycles. The molecular weight excluding hydrogens is 244 g/mol. The third-order valence-corrected chi connectivity index (χ3v) is 3.25. The van der Waals surface area contributed by atoms with Gasteiger partial charge in [0.1, 0.15) is 0 Å². The van der Waals surface area contributed by atoms with Gasteiger partial charge in [0, 0.05) is 5.92 Å². The Morgan fingerprint density at radius 2 is 2.16 bits per heavy atom. The lowest BCUT2D eigenvalue weighted by Crippen LogP contribution is -2.26. The van der Waals surface area contributed by atoms with E-state index in [1.807, 2.05) is 27.0 Å². The van der Waals surface area contributed by atoms with Crippen molar-refractivity contribution >= 4 is 5.97 Å². The standard InChI is InChI=1S/C13H22N4O2/c1-13(2,3)12(18)19-9-17-8-11(15-16-17)10-4-6-14-7-5-10/h8,10,14H,4-7,9H2,1-3H3. The molecule has 0 atom stereocenters. The molecule has 0 radical (unpaired) electrons. The van der Waals surface area contributed by atoms with Crippen molar-refractivity contribution in [2.24, 2.45) is 5.41 Å². The van der Waals surface area contributed by atoms with E-state index in [9.17, 15) is 4.79 Å². The van der Waals surface area contributed by atoms with Gasteiger partial charge in [0.2, 0.25) is 0 Å². The molecule has 1 aromatic rings. The number of ether oxygens (including phenoxy) is 1. The first kappa shape index (κ1) is 14.0. The molecule has 6 heteroatoms. The zero-order chi connectivity index (χ0) is 13.9. The molecule has 19 heavy (non-hydrogen) atoms. The summed E-state index contributed by atoms with van der Waals surface area (Å²) in [5.41, 5.74) is 0.506. The predicted molar refractivity (Wildman–Crippen MR) is 70.4 cm³/mol. The second-order valence-corrected chi connectivity index (χ2v) is 6.02. The summed E-state index contributed by atoms with van der Waals surface area (Å²) in [4.78, 5) is 11.7. The smallest absolute Gasteiger partial charge is 0.313 e. The van der Waals surface area contributed by atoms with Crippen LogP contribution in [0.5, 0.6) is 0 Å². The zero-order valence-electron chi connectivity index (χ0n) is 11.8. The van der Waals surface area contributed by atoms with Crippen LogP contribution in [0.25, 0.3) is 0 Å². The van der Waals surface area contributed by atoms with E-state index < -0.39 is 5.41 Å². The van der Waals surface area contributed by atoms with Crippen molar-refractivity contribution in [3.63, 3.8) is 0 Å². The highest BCUT2D eigenvalue weighted by Crippen LogP contribution is 2.22. The summed E-state index contributed by atoms with van der Waals surface area (Å²) >= 11 is 0. The minimum Gasteiger partial charge on any atom is -0.442 e. The molecule has 106 valence electrons. The number of hydrogen-bond donors (Lipinski definition) is 1. The summed E-state index contributed by atoms with van der Waals surface area (Å²) in [5, 5.41) is 11.5. The molecule has 0 unspecified atom stereocenters. The van der Waals surface area contributed by atoms with E-state index in [2.05, 4.69) is 15.6 Å². The molecule has 0 spiro atoms. The average molecular weight is 266 g/mol. The quantitative estimate of drug-likeness (QED) is 0.835. The molecule has 0 bridgehead atoms. The summed E-state index contributed by atoms with van der Waals surface area (Å²) < 4.78 is 6.79. The van der Waals surface area contributed by atoms with Crippen LogP contribution >= 0.6 is 0 Å². The second-order valence-electron chi connectivity index (χ2n) is 6.02. The maximum absolute atomic E-state index is 11.7. The van der Waals surface area contributed by atoms with Gasteiger partial charge in [-0.2, -0.15) is 0 Å². The van der Waals surface area contributed by atoms with E-state index in [-0.39, 0.29) is 12.7 Å². The normalized spacial score (nSPS) is 17.4. The predicted octanol–water partition coefficient (Wildman–Crippen LogP) is 1.29. The lowest BCUT2D eigenvalue weighted by molar-refractivity contribution is -0.157. The number of piperidine rings is 1. The van der Waals surface area contributed by atoms with Crippen LogP contribution in [0.1, 0.15) is 45.2 Å². The number of rotatable bonds is 3. The first-order valence-corrected chi connectivity index (χ1v) is 6.75. The highest BCUT2D eigenvalue weighted by molar-refractivity contribution is 5.75. The maximum atomic E-state index is 11.7. The molecule has 1 aliphatic rings. The molecule has 2 heterocycles. The Morgan fingerprint density at radius 1 is 1.47 bits per heavy atom. The third kappa shape index (κ3) is 3.76. The average Bonchev–Trinajstić information content (AvgIpc) is 2.84. The van der Waals surface area contributed by atoms with E-state index in [0.29, 0.717) is 5.92 Å². The van der Waals surface area contributed by atoms with Crippen molar-refractivity contribution in [1.82, 2.24) is 20.3 Å². The Labute approximate surface area is 113 Å². The van der Waals surface area contributed by atoms with Gasteiger partial charge in [0.25, 0.3) is 0 Å². The van der Waals surface area contributed by atoms with Gasteiger partial charge in [-0.15, -0.1) is 5.10 Å². The molecule has 1 aromatic heterocycles. The van der Waals surface area contributed by atoms with Crippen LogP contribution in [-0.2, 0) is 16.3 Å². The minimum absolute atomic E-state index is 0.133. The summed E-state index contributed by atoms with van der Waals surface area (Å²) in [7, 11) is 0. The molecule has 0 amide bonds. The van der Waals surface area contributed by atoms with E-state index >= 15 is 0 Å². The van der Waals surface area contributed by atoms with Crippen molar-refractivity contribution in [2.75, 3.05) is 13.1 Å². The summed E-state index contributed by atoms with van der Waals surface area (Å²) in [6.07, 6.45) is 4.05. The van der Waals surface area contributed by atoms with Gasteiger partial charge in [0.05, 0.1) is 17.3 Å². The first-order chi connectivity index (χ1) is 8.97. The highest BCUT2D eigenvalue weighted by atomic mass is 16.5. The molecule has 0 saturated carbocycles.